The molecule has 2 N–H and O–H groups in total. The first kappa shape index (κ1) is 13.8. The lowest BCUT2D eigenvalue weighted by atomic mass is 10.1. The number of benzene rings is 2. The predicted octanol–water partition coefficient (Wildman–Crippen LogP) is 1.41. The van der Waals surface area contributed by atoms with E-state index in [1.807, 2.05) is 0 Å². The summed E-state index contributed by atoms with van der Waals surface area (Å²) < 4.78 is 31.0. The number of rotatable bonds is 3. The van der Waals surface area contributed by atoms with Crippen molar-refractivity contribution in [2.75, 3.05) is 7.11 Å². The maximum Gasteiger partial charge on any atom is 0.531 e. The number of hydrogen-bond donors (Lipinski definition) is 2. The highest BCUT2D eigenvalue weighted by molar-refractivity contribution is 6.72. The molecule has 0 fully saturated rings. The third-order valence-electron chi connectivity index (χ3n) is 2.79. The van der Waals surface area contributed by atoms with E-state index in [-0.39, 0.29) is 10.8 Å². The lowest BCUT2D eigenvalue weighted by molar-refractivity contribution is 0.204. The lowest BCUT2D eigenvalue weighted by Crippen LogP contribution is -2.50. The first-order chi connectivity index (χ1) is 8.94. The van der Waals surface area contributed by atoms with Gasteiger partial charge in [-0.2, -0.15) is 0 Å². The molecule has 0 radical (unpaired) electrons. The van der Waals surface area contributed by atoms with Gasteiger partial charge in [0.2, 0.25) is 0 Å². The van der Waals surface area contributed by atoms with Crippen LogP contribution in [0.2, 0.25) is 0 Å². The molecule has 0 spiro atoms. The van der Waals surface area contributed by atoms with E-state index in [1.165, 1.54) is 43.5 Å². The molecule has 0 aliphatic carbocycles. The van der Waals surface area contributed by atoms with Crippen LogP contribution in [-0.4, -0.2) is 25.5 Å². The standard InChI is InChI=1S/C13H12F2O3Si/c1-18-19(16,17)11-5-2-9(3-6-11)12-7-4-10(14)8-13(12)15/h2-8,16-17H,1H3. The van der Waals surface area contributed by atoms with Crippen LogP contribution in [-0.2, 0) is 4.43 Å². The van der Waals surface area contributed by atoms with Crippen molar-refractivity contribution in [1.29, 1.82) is 0 Å². The van der Waals surface area contributed by atoms with E-state index in [4.69, 9.17) is 0 Å². The quantitative estimate of drug-likeness (QED) is 0.837. The van der Waals surface area contributed by atoms with Gasteiger partial charge in [-0.1, -0.05) is 24.3 Å². The Labute approximate surface area is 110 Å². The molecule has 0 aromatic heterocycles. The van der Waals surface area contributed by atoms with Crippen LogP contribution in [0.1, 0.15) is 0 Å². The van der Waals surface area contributed by atoms with E-state index in [9.17, 15) is 18.4 Å². The summed E-state index contributed by atoms with van der Waals surface area (Å²) in [5, 5.41) is 0.251. The SMILES string of the molecule is CO[Si](O)(O)c1ccc(-c2ccc(F)cc2F)cc1. The molecular formula is C13H12F2O3Si. The molecule has 0 bridgehead atoms. The van der Waals surface area contributed by atoms with Gasteiger partial charge in [0.25, 0.3) is 0 Å². The Bertz CT molecular complexity index is 585. The van der Waals surface area contributed by atoms with Gasteiger partial charge in [-0.25, -0.2) is 8.78 Å². The summed E-state index contributed by atoms with van der Waals surface area (Å²) in [6.07, 6.45) is 0. The van der Waals surface area contributed by atoms with Gasteiger partial charge in [0.1, 0.15) is 11.6 Å². The molecule has 100 valence electrons. The third-order valence-corrected chi connectivity index (χ3v) is 4.44. The van der Waals surface area contributed by atoms with Crippen molar-refractivity contribution in [1.82, 2.24) is 0 Å². The Morgan fingerprint density at radius 2 is 1.63 bits per heavy atom. The molecule has 2 aromatic carbocycles. The van der Waals surface area contributed by atoms with E-state index in [0.717, 1.165) is 6.07 Å². The van der Waals surface area contributed by atoms with Crippen LogP contribution in [0.5, 0.6) is 0 Å². The fourth-order valence-corrected chi connectivity index (χ4v) is 2.54. The molecule has 0 aliphatic heterocycles. The fourth-order valence-electron chi connectivity index (χ4n) is 1.71. The normalized spacial score (nSPS) is 11.6. The second-order valence-corrected chi connectivity index (χ2v) is 6.22. The summed E-state index contributed by atoms with van der Waals surface area (Å²) >= 11 is 0. The molecule has 0 amide bonds. The summed E-state index contributed by atoms with van der Waals surface area (Å²) in [5.41, 5.74) is 0.760. The molecule has 0 saturated heterocycles. The zero-order valence-electron chi connectivity index (χ0n) is 10.1. The van der Waals surface area contributed by atoms with Crippen molar-refractivity contribution in [3.63, 3.8) is 0 Å². The minimum atomic E-state index is -3.85. The van der Waals surface area contributed by atoms with E-state index in [2.05, 4.69) is 4.43 Å². The number of hydrogen-bond acceptors (Lipinski definition) is 3. The van der Waals surface area contributed by atoms with E-state index >= 15 is 0 Å². The predicted molar refractivity (Wildman–Crippen MR) is 68.6 cm³/mol. The van der Waals surface area contributed by atoms with Crippen LogP contribution in [0.3, 0.4) is 0 Å². The van der Waals surface area contributed by atoms with Gasteiger partial charge in [-0.3, -0.25) is 0 Å². The summed E-state index contributed by atoms with van der Waals surface area (Å²) in [4.78, 5) is 19.2. The second-order valence-electron chi connectivity index (χ2n) is 4.01. The zero-order chi connectivity index (χ0) is 14.0. The Kier molecular flexibility index (Phi) is 3.77. The fraction of sp³-hybridized carbons (Fsp3) is 0.0769. The maximum atomic E-state index is 13.6. The van der Waals surface area contributed by atoms with Crippen LogP contribution in [0.15, 0.2) is 42.5 Å². The van der Waals surface area contributed by atoms with Crippen LogP contribution in [0.4, 0.5) is 8.78 Å². The average molecular weight is 282 g/mol. The van der Waals surface area contributed by atoms with E-state index in [1.54, 1.807) is 0 Å². The Morgan fingerprint density at radius 3 is 2.16 bits per heavy atom. The summed E-state index contributed by atoms with van der Waals surface area (Å²) in [6.45, 7) is 0. The summed E-state index contributed by atoms with van der Waals surface area (Å²) in [6, 6.07) is 9.26. The van der Waals surface area contributed by atoms with Crippen LogP contribution in [0, 0.1) is 11.6 Å². The molecule has 2 aromatic rings. The van der Waals surface area contributed by atoms with Gasteiger partial charge >= 0.3 is 8.80 Å². The second kappa shape index (κ2) is 5.18. The molecule has 6 heteroatoms. The van der Waals surface area contributed by atoms with Crippen molar-refractivity contribution < 1.29 is 22.8 Å². The molecule has 0 atom stereocenters. The molecule has 3 nitrogen and oxygen atoms in total. The van der Waals surface area contributed by atoms with Crippen molar-refractivity contribution in [3.8, 4) is 11.1 Å². The van der Waals surface area contributed by atoms with Crippen LogP contribution in [0.25, 0.3) is 11.1 Å². The molecule has 0 heterocycles. The Hall–Kier alpha value is -1.60. The molecule has 0 unspecified atom stereocenters. The van der Waals surface area contributed by atoms with Crippen molar-refractivity contribution in [2.24, 2.45) is 0 Å². The molecule has 2 rings (SSSR count). The summed E-state index contributed by atoms with van der Waals surface area (Å²) in [7, 11) is -2.65. The molecule has 0 aliphatic rings. The highest BCUT2D eigenvalue weighted by Crippen LogP contribution is 2.22. The van der Waals surface area contributed by atoms with Gasteiger partial charge in [0.15, 0.2) is 0 Å². The van der Waals surface area contributed by atoms with Crippen molar-refractivity contribution in [2.45, 2.75) is 0 Å². The minimum absolute atomic E-state index is 0.244. The van der Waals surface area contributed by atoms with Crippen molar-refractivity contribution >= 4 is 14.0 Å². The van der Waals surface area contributed by atoms with Gasteiger partial charge in [-0.15, -0.1) is 0 Å². The van der Waals surface area contributed by atoms with Gasteiger partial charge in [-0.05, 0) is 17.7 Å². The third kappa shape index (κ3) is 2.87. The van der Waals surface area contributed by atoms with Crippen LogP contribution >= 0.6 is 0 Å². The zero-order valence-corrected chi connectivity index (χ0v) is 11.1. The first-order valence-corrected chi connectivity index (χ1v) is 7.30. The van der Waals surface area contributed by atoms with Gasteiger partial charge in [0.05, 0.1) is 0 Å². The van der Waals surface area contributed by atoms with Crippen molar-refractivity contribution in [3.05, 3.63) is 54.1 Å². The topological polar surface area (TPSA) is 49.7 Å². The maximum absolute atomic E-state index is 13.6. The molecule has 0 saturated carbocycles. The monoisotopic (exact) mass is 282 g/mol. The van der Waals surface area contributed by atoms with Gasteiger partial charge in [0, 0.05) is 23.9 Å². The van der Waals surface area contributed by atoms with E-state index < -0.39 is 20.4 Å². The first-order valence-electron chi connectivity index (χ1n) is 5.50. The Morgan fingerprint density at radius 1 is 1.00 bits per heavy atom. The largest absolute Gasteiger partial charge is 0.531 e. The molecule has 19 heavy (non-hydrogen) atoms. The van der Waals surface area contributed by atoms with Crippen LogP contribution < -0.4 is 5.19 Å². The summed E-state index contributed by atoms with van der Waals surface area (Å²) in [5.74, 6) is -1.31. The van der Waals surface area contributed by atoms with E-state index in [0.29, 0.717) is 5.56 Å². The lowest BCUT2D eigenvalue weighted by Gasteiger charge is -2.15. The molecular weight excluding hydrogens is 270 g/mol. The smallest absolute Gasteiger partial charge is 0.386 e. The highest BCUT2D eigenvalue weighted by Gasteiger charge is 2.33. The Balaban J connectivity index is 2.38. The minimum Gasteiger partial charge on any atom is -0.386 e. The average Bonchev–Trinajstić information content (AvgIpc) is 2.39. The highest BCUT2D eigenvalue weighted by atomic mass is 28.4. The van der Waals surface area contributed by atoms with Gasteiger partial charge < -0.3 is 14.0 Å². The number of halogens is 2.